The third-order valence-corrected chi connectivity index (χ3v) is 5.07. The Balaban J connectivity index is 1.93. The zero-order chi connectivity index (χ0) is 21.0. The molecule has 0 fully saturated rings. The van der Waals surface area contributed by atoms with E-state index in [0.717, 1.165) is 0 Å². The van der Waals surface area contributed by atoms with E-state index in [0.29, 0.717) is 56.7 Å². The normalized spacial score (nSPS) is 10.7. The average molecular weight is 480 g/mol. The lowest BCUT2D eigenvalue weighted by atomic mass is 10.1. The fourth-order valence-electron chi connectivity index (χ4n) is 2.81. The molecule has 0 saturated heterocycles. The molecule has 0 aliphatic carbocycles. The molecule has 0 atom stereocenters. The lowest BCUT2D eigenvalue weighted by Crippen LogP contribution is -2.13. The van der Waals surface area contributed by atoms with Gasteiger partial charge in [0, 0.05) is 30.4 Å². The van der Waals surface area contributed by atoms with E-state index in [4.69, 9.17) is 26.8 Å². The van der Waals surface area contributed by atoms with Crippen LogP contribution in [0.1, 0.15) is 10.4 Å². The van der Waals surface area contributed by atoms with Crippen molar-refractivity contribution >= 4 is 39.1 Å². The first-order valence-corrected chi connectivity index (χ1v) is 9.91. The number of nitrogens with two attached hydrogens (primary N) is 1. The van der Waals surface area contributed by atoms with Crippen LogP contribution in [-0.4, -0.2) is 35.9 Å². The largest absolute Gasteiger partial charge is 0.496 e. The Morgan fingerprint density at radius 1 is 1.28 bits per heavy atom. The van der Waals surface area contributed by atoms with Gasteiger partial charge in [0.05, 0.1) is 28.5 Å². The number of rotatable bonds is 7. The summed E-state index contributed by atoms with van der Waals surface area (Å²) < 4.78 is 13.3. The maximum absolute atomic E-state index is 12.7. The molecule has 0 spiro atoms. The minimum atomic E-state index is -0.258. The number of hydrogen-bond donors (Lipinski definition) is 2. The fourth-order valence-corrected chi connectivity index (χ4v) is 3.62. The third-order valence-electron chi connectivity index (χ3n) is 4.18. The highest BCUT2D eigenvalue weighted by Gasteiger charge is 2.17. The second-order valence-electron chi connectivity index (χ2n) is 6.12. The number of anilines is 1. The Hall–Kier alpha value is -2.55. The van der Waals surface area contributed by atoms with Gasteiger partial charge in [0.25, 0.3) is 5.91 Å². The minimum absolute atomic E-state index is 0.258. The maximum atomic E-state index is 12.7. The highest BCUT2D eigenvalue weighted by molar-refractivity contribution is 9.10. The van der Waals surface area contributed by atoms with Crippen LogP contribution in [0.5, 0.6) is 11.5 Å². The first kappa shape index (κ1) is 21.2. The Bertz CT molecular complexity index is 1020. The van der Waals surface area contributed by atoms with Crippen molar-refractivity contribution in [1.29, 1.82) is 0 Å². The number of benzene rings is 2. The molecule has 0 saturated carbocycles. The van der Waals surface area contributed by atoms with Crippen LogP contribution in [0.4, 0.5) is 5.69 Å². The monoisotopic (exact) mass is 478 g/mol. The number of carbonyl (C=O) groups is 1. The number of carbonyl (C=O) groups excluding carboxylic acids is 1. The van der Waals surface area contributed by atoms with Crippen molar-refractivity contribution in [1.82, 2.24) is 9.78 Å². The first-order chi connectivity index (χ1) is 13.9. The average Bonchev–Trinajstić information content (AvgIpc) is 3.04. The van der Waals surface area contributed by atoms with E-state index in [1.807, 2.05) is 0 Å². The van der Waals surface area contributed by atoms with Gasteiger partial charge in [-0.25, -0.2) is 0 Å². The maximum Gasteiger partial charge on any atom is 0.255 e. The van der Waals surface area contributed by atoms with Crippen molar-refractivity contribution in [2.45, 2.75) is 0 Å². The summed E-state index contributed by atoms with van der Waals surface area (Å²) >= 11 is 9.71. The summed E-state index contributed by atoms with van der Waals surface area (Å²) in [5.41, 5.74) is 8.03. The minimum Gasteiger partial charge on any atom is -0.496 e. The van der Waals surface area contributed by atoms with Crippen LogP contribution in [0.3, 0.4) is 0 Å². The highest BCUT2D eigenvalue weighted by atomic mass is 79.9. The van der Waals surface area contributed by atoms with E-state index in [-0.39, 0.29) is 5.91 Å². The molecule has 2 aromatic carbocycles. The number of ether oxygens (including phenoxy) is 2. The second-order valence-corrected chi connectivity index (χ2v) is 7.38. The van der Waals surface area contributed by atoms with Crippen LogP contribution in [-0.2, 0) is 7.05 Å². The van der Waals surface area contributed by atoms with Gasteiger partial charge in [-0.3, -0.25) is 9.48 Å². The summed E-state index contributed by atoms with van der Waals surface area (Å²) in [7, 11) is 3.35. The molecule has 3 N–H and O–H groups in total. The van der Waals surface area contributed by atoms with Gasteiger partial charge in [0.2, 0.25) is 0 Å². The molecule has 1 amide bonds. The molecule has 152 valence electrons. The van der Waals surface area contributed by atoms with E-state index in [1.54, 1.807) is 61.4 Å². The topological polar surface area (TPSA) is 91.4 Å². The Morgan fingerprint density at radius 2 is 2.03 bits per heavy atom. The standard InChI is InChI=1S/C20H20BrClN4O3/c1-26-19(16(22)11-24-26)14-10-13(4-6-17(14)29-8-7-23)25-20(27)12-3-5-18(28-2)15(21)9-12/h3-6,9-11H,7-8,23H2,1-2H3,(H,25,27). The molecule has 3 aromatic rings. The molecule has 1 heterocycles. The number of aryl methyl sites for hydroxylation is 1. The summed E-state index contributed by atoms with van der Waals surface area (Å²) in [4.78, 5) is 12.7. The molecule has 7 nitrogen and oxygen atoms in total. The third kappa shape index (κ3) is 4.72. The molecule has 3 rings (SSSR count). The van der Waals surface area contributed by atoms with Gasteiger partial charge in [0.1, 0.15) is 18.1 Å². The van der Waals surface area contributed by atoms with E-state index in [9.17, 15) is 4.79 Å². The Kier molecular flexibility index (Phi) is 6.79. The molecular formula is C20H20BrClN4O3. The van der Waals surface area contributed by atoms with Crippen LogP contribution in [0.25, 0.3) is 11.3 Å². The van der Waals surface area contributed by atoms with Crippen molar-refractivity contribution in [2.24, 2.45) is 12.8 Å². The van der Waals surface area contributed by atoms with Crippen LogP contribution < -0.4 is 20.5 Å². The van der Waals surface area contributed by atoms with Crippen LogP contribution in [0.2, 0.25) is 5.02 Å². The van der Waals surface area contributed by atoms with E-state index in [2.05, 4.69) is 26.3 Å². The van der Waals surface area contributed by atoms with Gasteiger partial charge in [-0.2, -0.15) is 5.10 Å². The van der Waals surface area contributed by atoms with E-state index >= 15 is 0 Å². The van der Waals surface area contributed by atoms with Crippen LogP contribution in [0, 0.1) is 0 Å². The van der Waals surface area contributed by atoms with Crippen LogP contribution >= 0.6 is 27.5 Å². The van der Waals surface area contributed by atoms with Gasteiger partial charge < -0.3 is 20.5 Å². The van der Waals surface area contributed by atoms with E-state index in [1.165, 1.54) is 0 Å². The molecule has 1 aromatic heterocycles. The molecule has 0 aliphatic heterocycles. The second kappa shape index (κ2) is 9.30. The predicted molar refractivity (Wildman–Crippen MR) is 117 cm³/mol. The van der Waals surface area contributed by atoms with Gasteiger partial charge in [0.15, 0.2) is 0 Å². The number of halogens is 2. The highest BCUT2D eigenvalue weighted by Crippen LogP contribution is 2.36. The molecule has 0 radical (unpaired) electrons. The Labute approximate surface area is 181 Å². The number of nitrogens with zero attached hydrogens (tertiary/aromatic N) is 2. The number of aromatic nitrogens is 2. The van der Waals surface area contributed by atoms with Crippen molar-refractivity contribution in [3.63, 3.8) is 0 Å². The first-order valence-electron chi connectivity index (χ1n) is 8.74. The van der Waals surface area contributed by atoms with Gasteiger partial charge in [-0.05, 0) is 52.3 Å². The number of hydrogen-bond acceptors (Lipinski definition) is 5. The van der Waals surface area contributed by atoms with Crippen molar-refractivity contribution in [2.75, 3.05) is 25.6 Å². The predicted octanol–water partition coefficient (Wildman–Crippen LogP) is 4.10. The summed E-state index contributed by atoms with van der Waals surface area (Å²) in [5, 5.41) is 7.55. The van der Waals surface area contributed by atoms with E-state index < -0.39 is 0 Å². The van der Waals surface area contributed by atoms with Crippen molar-refractivity contribution in [3.8, 4) is 22.8 Å². The molecule has 0 bridgehead atoms. The number of nitrogens with one attached hydrogen (secondary N) is 1. The van der Waals surface area contributed by atoms with Crippen molar-refractivity contribution < 1.29 is 14.3 Å². The summed E-state index contributed by atoms with van der Waals surface area (Å²) in [6.07, 6.45) is 1.56. The molecule has 0 aliphatic rings. The van der Waals surface area contributed by atoms with Crippen LogP contribution in [0.15, 0.2) is 47.1 Å². The van der Waals surface area contributed by atoms with Gasteiger partial charge >= 0.3 is 0 Å². The Morgan fingerprint density at radius 3 is 2.66 bits per heavy atom. The molecule has 0 unspecified atom stereocenters. The van der Waals surface area contributed by atoms with Gasteiger partial charge in [-0.15, -0.1) is 0 Å². The number of amides is 1. The lowest BCUT2D eigenvalue weighted by molar-refractivity contribution is 0.102. The number of methoxy groups -OCH3 is 1. The summed E-state index contributed by atoms with van der Waals surface area (Å²) in [6.45, 7) is 0.734. The molecule has 9 heteroatoms. The van der Waals surface area contributed by atoms with Crippen molar-refractivity contribution in [3.05, 3.63) is 57.7 Å². The fraction of sp³-hybridized carbons (Fsp3) is 0.200. The summed E-state index contributed by atoms with van der Waals surface area (Å²) in [6, 6.07) is 10.4. The lowest BCUT2D eigenvalue weighted by Gasteiger charge is -2.14. The smallest absolute Gasteiger partial charge is 0.255 e. The zero-order valence-electron chi connectivity index (χ0n) is 15.9. The summed E-state index contributed by atoms with van der Waals surface area (Å²) in [5.74, 6) is 0.994. The SMILES string of the molecule is COc1ccc(C(=O)Nc2ccc(OCCN)c(-c3c(Cl)cnn3C)c2)cc1Br. The zero-order valence-corrected chi connectivity index (χ0v) is 18.3. The molecular weight excluding hydrogens is 460 g/mol. The molecule has 29 heavy (non-hydrogen) atoms. The quantitative estimate of drug-likeness (QED) is 0.532. The van der Waals surface area contributed by atoms with Gasteiger partial charge in [-0.1, -0.05) is 11.6 Å².